The van der Waals surface area contributed by atoms with Crippen molar-refractivity contribution in [2.45, 2.75) is 4.90 Å². The van der Waals surface area contributed by atoms with Gasteiger partial charge >= 0.3 is 0 Å². The van der Waals surface area contributed by atoms with Gasteiger partial charge in [-0.1, -0.05) is 45.2 Å². The van der Waals surface area contributed by atoms with E-state index in [1.54, 1.807) is 0 Å². The molecule has 2 rings (SSSR count). The van der Waals surface area contributed by atoms with Crippen LogP contribution >= 0.6 is 39.1 Å². The molecule has 20 heavy (non-hydrogen) atoms. The number of hydrogen-bond acceptors (Lipinski definition) is 2. The summed E-state index contributed by atoms with van der Waals surface area (Å²) in [6.07, 6.45) is 0. The molecule has 0 aromatic heterocycles. The maximum Gasteiger partial charge on any atom is 0.264 e. The van der Waals surface area contributed by atoms with Crippen LogP contribution in [-0.2, 0) is 10.0 Å². The number of hydrogen-bond donors (Lipinski definition) is 1. The fourth-order valence-electron chi connectivity index (χ4n) is 1.51. The fraction of sp³-hybridized carbons (Fsp3) is 0. The Labute approximate surface area is 133 Å². The average Bonchev–Trinajstić information content (AvgIpc) is 2.32. The van der Waals surface area contributed by atoms with Crippen LogP contribution < -0.4 is 4.72 Å². The summed E-state index contributed by atoms with van der Waals surface area (Å²) < 4.78 is 40.7. The lowest BCUT2D eigenvalue weighted by atomic mass is 10.3. The highest BCUT2D eigenvalue weighted by molar-refractivity contribution is 9.10. The molecular weight excluding hydrogens is 392 g/mol. The zero-order valence-corrected chi connectivity index (χ0v) is 13.6. The van der Waals surface area contributed by atoms with Crippen LogP contribution in [0.25, 0.3) is 0 Å². The first-order valence-corrected chi connectivity index (χ1v) is 8.26. The van der Waals surface area contributed by atoms with Crippen LogP contribution in [0.5, 0.6) is 0 Å². The van der Waals surface area contributed by atoms with E-state index in [2.05, 4.69) is 20.7 Å². The van der Waals surface area contributed by atoms with Crippen molar-refractivity contribution in [2.75, 3.05) is 4.72 Å². The topological polar surface area (TPSA) is 46.2 Å². The van der Waals surface area contributed by atoms with Crippen LogP contribution in [0.15, 0.2) is 45.8 Å². The maximum atomic E-state index is 13.7. The molecule has 0 unspecified atom stereocenters. The number of rotatable bonds is 3. The van der Waals surface area contributed by atoms with Crippen molar-refractivity contribution in [2.24, 2.45) is 0 Å². The van der Waals surface area contributed by atoms with Crippen molar-refractivity contribution in [1.82, 2.24) is 0 Å². The molecule has 8 heteroatoms. The summed E-state index contributed by atoms with van der Waals surface area (Å²) in [6, 6.07) is 8.24. The minimum atomic E-state index is -4.08. The Morgan fingerprint density at radius 2 is 1.70 bits per heavy atom. The summed E-state index contributed by atoms with van der Waals surface area (Å²) in [7, 11) is -4.08. The van der Waals surface area contributed by atoms with Gasteiger partial charge in [-0.2, -0.15) is 0 Å². The van der Waals surface area contributed by atoms with Crippen LogP contribution in [0.4, 0.5) is 10.1 Å². The Bertz CT molecular complexity index is 748. The van der Waals surface area contributed by atoms with Gasteiger partial charge in [-0.15, -0.1) is 0 Å². The van der Waals surface area contributed by atoms with Crippen molar-refractivity contribution in [3.8, 4) is 0 Å². The van der Waals surface area contributed by atoms with Crippen LogP contribution in [-0.4, -0.2) is 8.42 Å². The summed E-state index contributed by atoms with van der Waals surface area (Å²) >= 11 is 14.8. The van der Waals surface area contributed by atoms with E-state index in [4.69, 9.17) is 23.2 Å². The third-order valence-corrected chi connectivity index (χ3v) is 5.18. The van der Waals surface area contributed by atoms with E-state index in [1.807, 2.05) is 0 Å². The smallest absolute Gasteiger partial charge is 0.264 e. The summed E-state index contributed by atoms with van der Waals surface area (Å²) in [5, 5.41) is -0.0787. The molecule has 0 aliphatic rings. The maximum absolute atomic E-state index is 13.7. The first kappa shape index (κ1) is 15.6. The normalized spacial score (nSPS) is 11.4. The lowest BCUT2D eigenvalue weighted by molar-refractivity contribution is 0.598. The second kappa shape index (κ2) is 5.89. The molecule has 0 aliphatic carbocycles. The van der Waals surface area contributed by atoms with E-state index < -0.39 is 15.8 Å². The van der Waals surface area contributed by atoms with Crippen molar-refractivity contribution < 1.29 is 12.8 Å². The third-order valence-electron chi connectivity index (χ3n) is 2.36. The molecule has 0 aliphatic heterocycles. The van der Waals surface area contributed by atoms with E-state index in [0.717, 1.165) is 6.07 Å². The number of halogens is 4. The molecule has 3 nitrogen and oxygen atoms in total. The highest BCUT2D eigenvalue weighted by Crippen LogP contribution is 2.31. The molecule has 106 valence electrons. The highest BCUT2D eigenvalue weighted by atomic mass is 79.9. The van der Waals surface area contributed by atoms with Gasteiger partial charge < -0.3 is 0 Å². The Balaban J connectivity index is 2.46. The summed E-state index contributed by atoms with van der Waals surface area (Å²) in [5.41, 5.74) is -0.191. The Kier molecular flexibility index (Phi) is 4.59. The Morgan fingerprint density at radius 1 is 1.10 bits per heavy atom. The van der Waals surface area contributed by atoms with Gasteiger partial charge in [0.05, 0.1) is 15.7 Å². The zero-order chi connectivity index (χ0) is 14.9. The molecule has 0 spiro atoms. The molecule has 0 fully saturated rings. The van der Waals surface area contributed by atoms with Crippen LogP contribution in [0.1, 0.15) is 0 Å². The van der Waals surface area contributed by atoms with Crippen LogP contribution in [0.3, 0.4) is 0 Å². The standard InChI is InChI=1S/C12H7BrCl2FNO2S/c13-7-4-5-11(10(16)6-7)17-20(18,19)12-8(14)2-1-3-9(12)15/h1-6,17H. The number of nitrogens with one attached hydrogen (secondary N) is 1. The van der Waals surface area contributed by atoms with E-state index in [1.165, 1.54) is 30.3 Å². The quantitative estimate of drug-likeness (QED) is 0.814. The van der Waals surface area contributed by atoms with Gasteiger partial charge in [0, 0.05) is 4.47 Å². The van der Waals surface area contributed by atoms with E-state index in [0.29, 0.717) is 4.47 Å². The minimum Gasteiger partial charge on any atom is -0.277 e. The number of anilines is 1. The first-order valence-electron chi connectivity index (χ1n) is 5.23. The molecule has 0 heterocycles. The summed E-state index contributed by atoms with van der Waals surface area (Å²) in [5.74, 6) is -0.717. The zero-order valence-electron chi connectivity index (χ0n) is 9.70. The Hall–Kier alpha value is -0.820. The molecule has 0 bridgehead atoms. The lowest BCUT2D eigenvalue weighted by Gasteiger charge is -2.11. The second-order valence-electron chi connectivity index (χ2n) is 3.78. The van der Waals surface area contributed by atoms with Gasteiger partial charge in [0.15, 0.2) is 0 Å². The number of sulfonamides is 1. The molecule has 0 amide bonds. The fourth-order valence-corrected chi connectivity index (χ4v) is 4.05. The van der Waals surface area contributed by atoms with Gasteiger partial charge in [-0.05, 0) is 30.3 Å². The Morgan fingerprint density at radius 3 is 2.25 bits per heavy atom. The van der Waals surface area contributed by atoms with Crippen molar-refractivity contribution in [3.05, 3.63) is 56.7 Å². The van der Waals surface area contributed by atoms with Crippen molar-refractivity contribution >= 4 is 54.8 Å². The van der Waals surface area contributed by atoms with E-state index >= 15 is 0 Å². The first-order chi connectivity index (χ1) is 9.31. The largest absolute Gasteiger partial charge is 0.277 e. The summed E-state index contributed by atoms with van der Waals surface area (Å²) in [6.45, 7) is 0. The molecule has 2 aromatic carbocycles. The average molecular weight is 399 g/mol. The monoisotopic (exact) mass is 397 g/mol. The minimum absolute atomic E-state index is 0.0393. The molecule has 0 radical (unpaired) electrons. The highest BCUT2D eigenvalue weighted by Gasteiger charge is 2.22. The van der Waals surface area contributed by atoms with Gasteiger partial charge in [0.2, 0.25) is 0 Å². The third kappa shape index (κ3) is 3.25. The number of benzene rings is 2. The molecule has 1 N–H and O–H groups in total. The van der Waals surface area contributed by atoms with Crippen molar-refractivity contribution in [1.29, 1.82) is 0 Å². The van der Waals surface area contributed by atoms with Gasteiger partial charge in [0.1, 0.15) is 10.7 Å². The van der Waals surface area contributed by atoms with Gasteiger partial charge in [0.25, 0.3) is 10.0 Å². The van der Waals surface area contributed by atoms with Crippen LogP contribution in [0.2, 0.25) is 10.0 Å². The lowest BCUT2D eigenvalue weighted by Crippen LogP contribution is -2.15. The predicted octanol–water partition coefficient (Wildman–Crippen LogP) is 4.70. The summed E-state index contributed by atoms with van der Waals surface area (Å²) in [4.78, 5) is -0.286. The van der Waals surface area contributed by atoms with E-state index in [-0.39, 0.29) is 20.6 Å². The van der Waals surface area contributed by atoms with E-state index in [9.17, 15) is 12.8 Å². The molecule has 2 aromatic rings. The molecule has 0 atom stereocenters. The SMILES string of the molecule is O=S(=O)(Nc1ccc(Br)cc1F)c1c(Cl)cccc1Cl. The molecule has 0 saturated heterocycles. The molecular formula is C12H7BrCl2FNO2S. The van der Waals surface area contributed by atoms with Gasteiger partial charge in [-0.25, -0.2) is 12.8 Å². The van der Waals surface area contributed by atoms with Gasteiger partial charge in [-0.3, -0.25) is 4.72 Å². The van der Waals surface area contributed by atoms with Crippen molar-refractivity contribution in [3.63, 3.8) is 0 Å². The second-order valence-corrected chi connectivity index (χ2v) is 7.13. The predicted molar refractivity (Wildman–Crippen MR) is 81.4 cm³/mol. The molecule has 0 saturated carbocycles. The van der Waals surface area contributed by atoms with Crippen LogP contribution in [0, 0.1) is 5.82 Å².